The van der Waals surface area contributed by atoms with E-state index in [1.807, 2.05) is 24.3 Å². The van der Waals surface area contributed by atoms with E-state index in [2.05, 4.69) is 34.9 Å². The molecule has 5 rings (SSSR count). The van der Waals surface area contributed by atoms with Crippen molar-refractivity contribution in [1.29, 1.82) is 0 Å². The van der Waals surface area contributed by atoms with Gasteiger partial charge in [-0.05, 0) is 60.8 Å². The van der Waals surface area contributed by atoms with Crippen LogP contribution in [0.1, 0.15) is 62.0 Å². The van der Waals surface area contributed by atoms with Gasteiger partial charge in [0, 0.05) is 18.4 Å². The number of carbonyl (C=O) groups excluding carboxylic acids is 2. The molecule has 2 amide bonds. The summed E-state index contributed by atoms with van der Waals surface area (Å²) >= 11 is 0. The Morgan fingerprint density at radius 3 is 2.06 bits per heavy atom. The number of hydrogen-bond acceptors (Lipinski definition) is 4. The van der Waals surface area contributed by atoms with Gasteiger partial charge in [-0.15, -0.1) is 0 Å². The zero-order chi connectivity index (χ0) is 23.7. The van der Waals surface area contributed by atoms with E-state index in [1.165, 1.54) is 11.1 Å². The third kappa shape index (κ3) is 4.65. The molecule has 2 fully saturated rings. The maximum atomic E-state index is 12.6. The standard InChI is InChI=1S/C27H30N2O5/c30-24(28-18-11-9-17(10-12-18)25(31)32)15-27(13-14-27)29-26(33)34-16-23-21-7-3-1-5-19(21)20-6-2-4-8-22(20)23/h1-8,17-18,23H,9-16H2,(H,28,30)(H,29,33)(H,31,32). The van der Waals surface area contributed by atoms with Crippen LogP contribution in [-0.2, 0) is 14.3 Å². The Bertz CT molecular complexity index is 1060. The number of aliphatic carboxylic acids is 1. The second kappa shape index (κ2) is 9.12. The van der Waals surface area contributed by atoms with E-state index in [0.717, 1.165) is 24.0 Å². The van der Waals surface area contributed by atoms with Gasteiger partial charge in [0.2, 0.25) is 5.91 Å². The van der Waals surface area contributed by atoms with Crippen LogP contribution in [0.5, 0.6) is 0 Å². The van der Waals surface area contributed by atoms with Gasteiger partial charge in [0.25, 0.3) is 0 Å². The third-order valence-corrected chi connectivity index (χ3v) is 7.50. The number of fused-ring (bicyclic) bond motifs is 3. The van der Waals surface area contributed by atoms with Gasteiger partial charge in [0.05, 0.1) is 11.5 Å². The fourth-order valence-corrected chi connectivity index (χ4v) is 5.42. The molecule has 3 aliphatic rings. The molecule has 0 radical (unpaired) electrons. The third-order valence-electron chi connectivity index (χ3n) is 7.50. The highest BCUT2D eigenvalue weighted by molar-refractivity contribution is 5.81. The van der Waals surface area contributed by atoms with Crippen LogP contribution in [0.2, 0.25) is 0 Å². The number of carboxylic acid groups (broad SMARTS) is 1. The second-order valence-corrected chi connectivity index (χ2v) is 9.86. The number of rotatable bonds is 7. The number of ether oxygens (including phenoxy) is 1. The smallest absolute Gasteiger partial charge is 0.407 e. The van der Waals surface area contributed by atoms with Crippen molar-refractivity contribution in [2.45, 2.75) is 62.4 Å². The average molecular weight is 463 g/mol. The first-order valence-electron chi connectivity index (χ1n) is 12.1. The largest absolute Gasteiger partial charge is 0.481 e. The lowest BCUT2D eigenvalue weighted by atomic mass is 9.86. The van der Waals surface area contributed by atoms with Crippen LogP contribution in [0.15, 0.2) is 48.5 Å². The summed E-state index contributed by atoms with van der Waals surface area (Å²) in [5, 5.41) is 15.1. The average Bonchev–Trinajstić information content (AvgIpc) is 3.49. The fraction of sp³-hybridized carbons (Fsp3) is 0.444. The highest BCUT2D eigenvalue weighted by Crippen LogP contribution is 2.44. The highest BCUT2D eigenvalue weighted by Gasteiger charge is 2.46. The Labute approximate surface area is 198 Å². The molecule has 0 saturated heterocycles. The monoisotopic (exact) mass is 462 g/mol. The SMILES string of the molecule is O=C(CC1(NC(=O)OCC2c3ccccc3-c3ccccc32)CC1)NC1CCC(C(=O)O)CC1. The van der Waals surface area contributed by atoms with Gasteiger partial charge < -0.3 is 20.5 Å². The Balaban J connectivity index is 1.12. The van der Waals surface area contributed by atoms with Crippen LogP contribution >= 0.6 is 0 Å². The van der Waals surface area contributed by atoms with Gasteiger partial charge >= 0.3 is 12.1 Å². The van der Waals surface area contributed by atoms with Gasteiger partial charge in [0.1, 0.15) is 6.61 Å². The first-order chi connectivity index (χ1) is 16.4. The molecule has 0 spiro atoms. The Morgan fingerprint density at radius 2 is 1.50 bits per heavy atom. The van der Waals surface area contributed by atoms with Gasteiger partial charge in [-0.3, -0.25) is 9.59 Å². The van der Waals surface area contributed by atoms with Crippen molar-refractivity contribution in [1.82, 2.24) is 10.6 Å². The molecule has 0 unspecified atom stereocenters. The quantitative estimate of drug-likeness (QED) is 0.572. The van der Waals surface area contributed by atoms with Crippen LogP contribution in [0, 0.1) is 5.92 Å². The molecule has 0 heterocycles. The van der Waals surface area contributed by atoms with Crippen LogP contribution in [0.25, 0.3) is 11.1 Å². The van der Waals surface area contributed by atoms with Crippen LogP contribution < -0.4 is 10.6 Å². The van der Waals surface area contributed by atoms with Crippen LogP contribution in [0.4, 0.5) is 4.79 Å². The summed E-state index contributed by atoms with van der Waals surface area (Å²) < 4.78 is 5.64. The first-order valence-corrected chi connectivity index (χ1v) is 12.1. The van der Waals surface area contributed by atoms with Crippen molar-refractivity contribution in [2.75, 3.05) is 6.61 Å². The van der Waals surface area contributed by atoms with Crippen molar-refractivity contribution >= 4 is 18.0 Å². The molecule has 178 valence electrons. The zero-order valence-electron chi connectivity index (χ0n) is 19.1. The van der Waals surface area contributed by atoms with Gasteiger partial charge in [-0.25, -0.2) is 4.79 Å². The Hall–Kier alpha value is -3.35. The van der Waals surface area contributed by atoms with Gasteiger partial charge in [-0.2, -0.15) is 0 Å². The predicted octanol–water partition coefficient (Wildman–Crippen LogP) is 4.21. The zero-order valence-corrected chi connectivity index (χ0v) is 19.1. The maximum absolute atomic E-state index is 12.6. The number of benzene rings is 2. The number of nitrogens with one attached hydrogen (secondary N) is 2. The van der Waals surface area contributed by atoms with Crippen molar-refractivity contribution in [2.24, 2.45) is 5.92 Å². The molecule has 2 saturated carbocycles. The topological polar surface area (TPSA) is 105 Å². The van der Waals surface area contributed by atoms with Crippen molar-refractivity contribution < 1.29 is 24.2 Å². The lowest BCUT2D eigenvalue weighted by molar-refractivity contribution is -0.142. The minimum absolute atomic E-state index is 0.00229. The summed E-state index contributed by atoms with van der Waals surface area (Å²) in [7, 11) is 0. The second-order valence-electron chi connectivity index (χ2n) is 9.86. The molecule has 7 heteroatoms. The maximum Gasteiger partial charge on any atom is 0.407 e. The number of carboxylic acids is 1. The summed E-state index contributed by atoms with van der Waals surface area (Å²) in [6, 6.07) is 16.4. The lowest BCUT2D eigenvalue weighted by Crippen LogP contribution is -2.44. The van der Waals surface area contributed by atoms with Gasteiger partial charge in [0.15, 0.2) is 0 Å². The lowest BCUT2D eigenvalue weighted by Gasteiger charge is -2.27. The number of carbonyl (C=O) groups is 3. The summed E-state index contributed by atoms with van der Waals surface area (Å²) in [5.74, 6) is -1.17. The number of alkyl carbamates (subject to hydrolysis) is 1. The van der Waals surface area contributed by atoms with Crippen molar-refractivity contribution in [3.05, 3.63) is 59.7 Å². The number of amides is 2. The fourth-order valence-electron chi connectivity index (χ4n) is 5.42. The minimum atomic E-state index is -0.756. The molecule has 3 N–H and O–H groups in total. The normalized spacial score (nSPS) is 22.2. The Morgan fingerprint density at radius 1 is 0.912 bits per heavy atom. The van der Waals surface area contributed by atoms with Crippen LogP contribution in [-0.4, -0.2) is 41.3 Å². The van der Waals surface area contributed by atoms with E-state index in [1.54, 1.807) is 0 Å². The summed E-state index contributed by atoms with van der Waals surface area (Å²) in [6.07, 6.45) is 3.75. The molecular weight excluding hydrogens is 432 g/mol. The van der Waals surface area contributed by atoms with Crippen molar-refractivity contribution in [3.63, 3.8) is 0 Å². The molecule has 0 aromatic heterocycles. The molecule has 34 heavy (non-hydrogen) atoms. The number of hydrogen-bond donors (Lipinski definition) is 3. The van der Waals surface area contributed by atoms with Gasteiger partial charge in [-0.1, -0.05) is 48.5 Å². The highest BCUT2D eigenvalue weighted by atomic mass is 16.5. The van der Waals surface area contributed by atoms with E-state index in [-0.39, 0.29) is 36.8 Å². The Kier molecular flexibility index (Phi) is 6.02. The summed E-state index contributed by atoms with van der Waals surface area (Å²) in [6.45, 7) is 0.245. The molecule has 2 aromatic rings. The van der Waals surface area contributed by atoms with Crippen LogP contribution in [0.3, 0.4) is 0 Å². The molecular formula is C27H30N2O5. The van der Waals surface area contributed by atoms with E-state index in [4.69, 9.17) is 9.84 Å². The van der Waals surface area contributed by atoms with E-state index < -0.39 is 17.6 Å². The summed E-state index contributed by atoms with van der Waals surface area (Å²) in [5.41, 5.74) is 4.15. The van der Waals surface area contributed by atoms with E-state index in [0.29, 0.717) is 25.7 Å². The molecule has 0 bridgehead atoms. The van der Waals surface area contributed by atoms with E-state index >= 15 is 0 Å². The molecule has 0 aliphatic heterocycles. The minimum Gasteiger partial charge on any atom is -0.481 e. The molecule has 7 nitrogen and oxygen atoms in total. The molecule has 2 aromatic carbocycles. The molecule has 3 aliphatic carbocycles. The molecule has 0 atom stereocenters. The first kappa shape index (κ1) is 22.4. The van der Waals surface area contributed by atoms with E-state index in [9.17, 15) is 14.4 Å². The summed E-state index contributed by atoms with van der Waals surface area (Å²) in [4.78, 5) is 36.3. The predicted molar refractivity (Wildman–Crippen MR) is 126 cm³/mol. The van der Waals surface area contributed by atoms with Crippen molar-refractivity contribution in [3.8, 4) is 11.1 Å².